The van der Waals surface area contributed by atoms with E-state index in [1.807, 2.05) is 4.90 Å². The minimum Gasteiger partial charge on any atom is -0.480 e. The van der Waals surface area contributed by atoms with Crippen molar-refractivity contribution in [2.24, 2.45) is 5.41 Å². The highest BCUT2D eigenvalue weighted by atomic mass is 16.4. The van der Waals surface area contributed by atoms with E-state index in [-0.39, 0.29) is 6.03 Å². The van der Waals surface area contributed by atoms with Crippen molar-refractivity contribution in [1.29, 1.82) is 0 Å². The van der Waals surface area contributed by atoms with Gasteiger partial charge in [-0.15, -0.1) is 0 Å². The highest BCUT2D eigenvalue weighted by Crippen LogP contribution is 2.46. The summed E-state index contributed by atoms with van der Waals surface area (Å²) in [6.45, 7) is 2.21. The molecule has 0 bridgehead atoms. The van der Waals surface area contributed by atoms with Gasteiger partial charge in [0.05, 0.1) is 0 Å². The van der Waals surface area contributed by atoms with Crippen LogP contribution in [0.4, 0.5) is 4.79 Å². The van der Waals surface area contributed by atoms with E-state index in [0.717, 1.165) is 32.4 Å². The monoisotopic (exact) mass is 280 g/mol. The van der Waals surface area contributed by atoms with E-state index < -0.39 is 12.0 Å². The SMILES string of the molecule is O=C(O)C1CCCN1C(=O)N1CCC2(CCCC2)CC1. The van der Waals surface area contributed by atoms with Gasteiger partial charge < -0.3 is 14.9 Å². The molecule has 0 aromatic heterocycles. The van der Waals surface area contributed by atoms with E-state index in [4.69, 9.17) is 0 Å². The molecule has 3 rings (SSSR count). The lowest BCUT2D eigenvalue weighted by Crippen LogP contribution is -2.51. The fraction of sp³-hybridized carbons (Fsp3) is 0.867. The number of aliphatic carboxylic acids is 1. The number of carboxylic acids is 1. The van der Waals surface area contributed by atoms with Crippen molar-refractivity contribution >= 4 is 12.0 Å². The number of urea groups is 1. The molecule has 20 heavy (non-hydrogen) atoms. The van der Waals surface area contributed by atoms with Crippen molar-refractivity contribution in [3.05, 3.63) is 0 Å². The van der Waals surface area contributed by atoms with Crippen LogP contribution in [0, 0.1) is 5.41 Å². The van der Waals surface area contributed by atoms with Crippen LogP contribution < -0.4 is 0 Å². The van der Waals surface area contributed by atoms with Crippen LogP contribution in [-0.2, 0) is 4.79 Å². The Kier molecular flexibility index (Phi) is 3.61. The van der Waals surface area contributed by atoms with Crippen LogP contribution in [0.3, 0.4) is 0 Å². The van der Waals surface area contributed by atoms with Crippen LogP contribution >= 0.6 is 0 Å². The van der Waals surface area contributed by atoms with Gasteiger partial charge in [-0.2, -0.15) is 0 Å². The van der Waals surface area contributed by atoms with Crippen molar-refractivity contribution in [1.82, 2.24) is 9.80 Å². The van der Waals surface area contributed by atoms with Crippen molar-refractivity contribution < 1.29 is 14.7 Å². The summed E-state index contributed by atoms with van der Waals surface area (Å²) in [4.78, 5) is 27.1. The van der Waals surface area contributed by atoms with Crippen LogP contribution in [0.25, 0.3) is 0 Å². The number of hydrogen-bond donors (Lipinski definition) is 1. The largest absolute Gasteiger partial charge is 0.480 e. The molecule has 1 N–H and O–H groups in total. The summed E-state index contributed by atoms with van der Waals surface area (Å²) in [5.74, 6) is -0.861. The topological polar surface area (TPSA) is 60.9 Å². The molecule has 2 aliphatic heterocycles. The lowest BCUT2D eigenvalue weighted by atomic mass is 9.77. The van der Waals surface area contributed by atoms with Gasteiger partial charge in [0.15, 0.2) is 0 Å². The number of rotatable bonds is 1. The van der Waals surface area contributed by atoms with Crippen molar-refractivity contribution in [2.75, 3.05) is 19.6 Å². The normalized spacial score (nSPS) is 29.1. The fourth-order valence-electron chi connectivity index (χ4n) is 4.23. The third kappa shape index (κ3) is 2.38. The maximum Gasteiger partial charge on any atom is 0.326 e. The Balaban J connectivity index is 1.60. The standard InChI is InChI=1S/C15H24N2O3/c18-13(19)12-4-3-9-17(12)14(20)16-10-7-15(8-11-16)5-1-2-6-15/h12H,1-11H2,(H,18,19). The van der Waals surface area contributed by atoms with Crippen LogP contribution in [0.5, 0.6) is 0 Å². The molecule has 3 aliphatic rings. The molecule has 1 aliphatic carbocycles. The number of hydrogen-bond acceptors (Lipinski definition) is 2. The Morgan fingerprint density at radius 3 is 2.20 bits per heavy atom. The van der Waals surface area contributed by atoms with E-state index in [2.05, 4.69) is 0 Å². The van der Waals surface area contributed by atoms with Crippen LogP contribution in [0.2, 0.25) is 0 Å². The second-order valence-corrected chi connectivity index (χ2v) is 6.67. The average molecular weight is 280 g/mol. The lowest BCUT2D eigenvalue weighted by Gasteiger charge is -2.41. The third-order valence-corrected chi connectivity index (χ3v) is 5.54. The van der Waals surface area contributed by atoms with Crippen molar-refractivity contribution in [2.45, 2.75) is 57.4 Å². The molecule has 0 aromatic rings. The summed E-state index contributed by atoms with van der Waals surface area (Å²) < 4.78 is 0. The van der Waals surface area contributed by atoms with Gasteiger partial charge >= 0.3 is 12.0 Å². The molecule has 1 spiro atoms. The number of likely N-dealkylation sites (tertiary alicyclic amines) is 2. The van der Waals surface area contributed by atoms with Crippen molar-refractivity contribution in [3.8, 4) is 0 Å². The first-order chi connectivity index (χ1) is 9.61. The second kappa shape index (κ2) is 5.26. The molecule has 2 heterocycles. The number of amides is 2. The molecular formula is C15H24N2O3. The highest BCUT2D eigenvalue weighted by Gasteiger charge is 2.41. The van der Waals surface area contributed by atoms with Gasteiger partial charge in [-0.05, 0) is 43.9 Å². The van der Waals surface area contributed by atoms with Gasteiger partial charge in [0.25, 0.3) is 0 Å². The molecular weight excluding hydrogens is 256 g/mol. The summed E-state index contributed by atoms with van der Waals surface area (Å²) in [5.41, 5.74) is 0.494. The van der Waals surface area contributed by atoms with Gasteiger partial charge in [-0.1, -0.05) is 12.8 Å². The smallest absolute Gasteiger partial charge is 0.326 e. The van der Waals surface area contributed by atoms with Gasteiger partial charge in [0.2, 0.25) is 0 Å². The third-order valence-electron chi connectivity index (χ3n) is 5.54. The first-order valence-electron chi connectivity index (χ1n) is 7.90. The molecule has 112 valence electrons. The Hall–Kier alpha value is -1.26. The summed E-state index contributed by atoms with van der Waals surface area (Å²) >= 11 is 0. The minimum absolute atomic E-state index is 0.0530. The first kappa shape index (κ1) is 13.7. The van der Waals surface area contributed by atoms with Gasteiger partial charge in [0, 0.05) is 19.6 Å². The molecule has 3 fully saturated rings. The fourth-order valence-corrected chi connectivity index (χ4v) is 4.23. The average Bonchev–Trinajstić information content (AvgIpc) is 3.08. The van der Waals surface area contributed by atoms with E-state index in [1.54, 1.807) is 4.90 Å². The van der Waals surface area contributed by atoms with E-state index in [0.29, 0.717) is 18.4 Å². The number of piperidine rings is 1. The predicted molar refractivity (Wildman–Crippen MR) is 74.5 cm³/mol. The first-order valence-corrected chi connectivity index (χ1v) is 7.90. The number of nitrogens with zero attached hydrogens (tertiary/aromatic N) is 2. The van der Waals surface area contributed by atoms with Crippen LogP contribution in [0.15, 0.2) is 0 Å². The zero-order chi connectivity index (χ0) is 14.2. The zero-order valence-corrected chi connectivity index (χ0v) is 12.0. The zero-order valence-electron chi connectivity index (χ0n) is 12.0. The summed E-state index contributed by atoms with van der Waals surface area (Å²) in [6, 6.07) is -0.660. The molecule has 0 aromatic carbocycles. The molecule has 5 heteroatoms. The highest BCUT2D eigenvalue weighted by molar-refractivity contribution is 5.83. The van der Waals surface area contributed by atoms with E-state index in [9.17, 15) is 14.7 Å². The predicted octanol–water partition coefficient (Wildman–Crippen LogP) is 2.31. The summed E-state index contributed by atoms with van der Waals surface area (Å²) in [5, 5.41) is 9.19. The molecule has 2 amide bonds. The molecule has 1 unspecified atom stereocenters. The summed E-state index contributed by atoms with van der Waals surface area (Å²) in [7, 11) is 0. The lowest BCUT2D eigenvalue weighted by molar-refractivity contribution is -0.141. The van der Waals surface area contributed by atoms with Crippen LogP contribution in [-0.4, -0.2) is 52.6 Å². The summed E-state index contributed by atoms with van der Waals surface area (Å²) in [6.07, 6.45) is 8.91. The van der Waals surface area contributed by atoms with E-state index >= 15 is 0 Å². The Morgan fingerprint density at radius 2 is 1.60 bits per heavy atom. The van der Waals surface area contributed by atoms with Gasteiger partial charge in [-0.3, -0.25) is 0 Å². The Labute approximate surface area is 119 Å². The van der Waals surface area contributed by atoms with E-state index in [1.165, 1.54) is 25.7 Å². The number of carbonyl (C=O) groups is 2. The molecule has 0 radical (unpaired) electrons. The van der Waals surface area contributed by atoms with Crippen molar-refractivity contribution in [3.63, 3.8) is 0 Å². The van der Waals surface area contributed by atoms with Crippen LogP contribution in [0.1, 0.15) is 51.4 Å². The Bertz CT molecular complexity index is 394. The number of carbonyl (C=O) groups excluding carboxylic acids is 1. The molecule has 5 nitrogen and oxygen atoms in total. The van der Waals surface area contributed by atoms with Gasteiger partial charge in [0.1, 0.15) is 6.04 Å². The second-order valence-electron chi connectivity index (χ2n) is 6.67. The maximum atomic E-state index is 12.5. The molecule has 1 atom stereocenters. The van der Waals surface area contributed by atoms with Gasteiger partial charge in [-0.25, -0.2) is 9.59 Å². The maximum absolute atomic E-state index is 12.5. The Morgan fingerprint density at radius 1 is 0.950 bits per heavy atom. The number of carboxylic acid groups (broad SMARTS) is 1. The molecule has 1 saturated carbocycles. The quantitative estimate of drug-likeness (QED) is 0.801. The molecule has 2 saturated heterocycles. The minimum atomic E-state index is -0.861.